The number of alkyl halides is 3. The van der Waals surface area contributed by atoms with Gasteiger partial charge in [-0.3, -0.25) is 4.79 Å². The van der Waals surface area contributed by atoms with Crippen LogP contribution in [0, 0.1) is 0 Å². The van der Waals surface area contributed by atoms with Gasteiger partial charge in [0.1, 0.15) is 0 Å². The normalized spacial score (nSPS) is 12.6. The van der Waals surface area contributed by atoms with Crippen LogP contribution in [-0.4, -0.2) is 22.1 Å². The van der Waals surface area contributed by atoms with Gasteiger partial charge in [0.05, 0.1) is 33.3 Å². The summed E-state index contributed by atoms with van der Waals surface area (Å²) in [6.45, 7) is 1.41. The zero-order valence-electron chi connectivity index (χ0n) is 15.0. The minimum absolute atomic E-state index is 0.0839. The van der Waals surface area contributed by atoms with Gasteiger partial charge >= 0.3 is 6.18 Å². The molecule has 0 spiro atoms. The van der Waals surface area contributed by atoms with E-state index in [0.29, 0.717) is 10.9 Å². The number of carbonyl (C=O) groups excluding carboxylic acids is 2. The van der Waals surface area contributed by atoms with Gasteiger partial charge in [-0.2, -0.15) is 13.2 Å². The molecule has 0 bridgehead atoms. The van der Waals surface area contributed by atoms with E-state index in [9.17, 15) is 27.9 Å². The van der Waals surface area contributed by atoms with Crippen LogP contribution in [0.2, 0.25) is 0 Å². The Kier molecular flexibility index (Phi) is 5.78. The Hall–Kier alpha value is -3.07. The predicted molar refractivity (Wildman–Crippen MR) is 101 cm³/mol. The SMILES string of the molecule is C[C@H](Sc1cc(C(=O)Nc2ccccc2C(F)(F)F)c2ccccc2n1)C(=O)[O-]. The van der Waals surface area contributed by atoms with Gasteiger partial charge in [-0.15, -0.1) is 0 Å². The molecule has 1 aromatic heterocycles. The zero-order valence-corrected chi connectivity index (χ0v) is 15.8. The number of hydrogen-bond acceptors (Lipinski definition) is 5. The number of nitrogens with zero attached hydrogens (tertiary/aromatic N) is 1. The van der Waals surface area contributed by atoms with Crippen molar-refractivity contribution in [3.05, 3.63) is 65.7 Å². The standard InChI is InChI=1S/C20H15F3N2O3S/c1-11(19(27)28)29-17-10-13(12-6-2-4-8-15(12)24-17)18(26)25-16-9-5-3-7-14(16)20(21,22)23/h2-11H,1H3,(H,25,26)(H,27,28)/p-1/t11-/m0/s1. The van der Waals surface area contributed by atoms with E-state index in [1.165, 1.54) is 25.1 Å². The maximum absolute atomic E-state index is 13.2. The summed E-state index contributed by atoms with van der Waals surface area (Å²) in [6, 6.07) is 12.6. The lowest BCUT2D eigenvalue weighted by Gasteiger charge is -2.16. The first-order valence-corrected chi connectivity index (χ1v) is 9.29. The van der Waals surface area contributed by atoms with Crippen LogP contribution in [0.15, 0.2) is 59.6 Å². The number of thioether (sulfide) groups is 1. The van der Waals surface area contributed by atoms with Crippen LogP contribution in [0.5, 0.6) is 0 Å². The summed E-state index contributed by atoms with van der Waals surface area (Å²) in [4.78, 5) is 28.2. The zero-order chi connectivity index (χ0) is 21.2. The summed E-state index contributed by atoms with van der Waals surface area (Å²) in [5.41, 5.74) is -0.840. The van der Waals surface area contributed by atoms with E-state index in [1.54, 1.807) is 24.3 Å². The van der Waals surface area contributed by atoms with Crippen molar-refractivity contribution >= 4 is 40.2 Å². The predicted octanol–water partition coefficient (Wildman–Crippen LogP) is 3.74. The van der Waals surface area contributed by atoms with Crippen LogP contribution in [0.4, 0.5) is 18.9 Å². The van der Waals surface area contributed by atoms with Crippen molar-refractivity contribution < 1.29 is 27.9 Å². The number of hydrogen-bond donors (Lipinski definition) is 1. The number of anilines is 1. The first kappa shape index (κ1) is 20.7. The van der Waals surface area contributed by atoms with Crippen molar-refractivity contribution in [3.8, 4) is 0 Å². The third-order valence-electron chi connectivity index (χ3n) is 4.05. The van der Waals surface area contributed by atoms with Crippen LogP contribution < -0.4 is 10.4 Å². The van der Waals surface area contributed by atoms with Crippen molar-refractivity contribution in [1.82, 2.24) is 4.98 Å². The number of carbonyl (C=O) groups is 2. The van der Waals surface area contributed by atoms with Gasteiger partial charge in [-0.1, -0.05) is 42.1 Å². The van der Waals surface area contributed by atoms with Gasteiger partial charge in [-0.25, -0.2) is 4.98 Å². The average molecular weight is 419 g/mol. The summed E-state index contributed by atoms with van der Waals surface area (Å²) in [6.07, 6.45) is -4.63. The second kappa shape index (κ2) is 8.12. The molecule has 0 saturated carbocycles. The van der Waals surface area contributed by atoms with Crippen LogP contribution in [0.1, 0.15) is 22.8 Å². The lowest BCUT2D eigenvalue weighted by Crippen LogP contribution is -2.31. The minimum Gasteiger partial charge on any atom is -0.549 e. The average Bonchev–Trinajstić information content (AvgIpc) is 2.66. The van der Waals surface area contributed by atoms with Gasteiger partial charge in [0.15, 0.2) is 0 Å². The Labute approximate surface area is 168 Å². The highest BCUT2D eigenvalue weighted by molar-refractivity contribution is 8.00. The molecule has 1 atom stereocenters. The molecule has 0 aliphatic carbocycles. The van der Waals surface area contributed by atoms with Crippen LogP contribution in [0.25, 0.3) is 10.9 Å². The smallest absolute Gasteiger partial charge is 0.418 e. The number of fused-ring (bicyclic) bond motifs is 1. The van der Waals surface area contributed by atoms with E-state index < -0.39 is 28.9 Å². The molecule has 29 heavy (non-hydrogen) atoms. The second-order valence-electron chi connectivity index (χ2n) is 6.10. The molecule has 0 saturated heterocycles. The molecule has 9 heteroatoms. The second-order valence-corrected chi connectivity index (χ2v) is 7.46. The first-order valence-electron chi connectivity index (χ1n) is 8.41. The molecule has 0 radical (unpaired) electrons. The number of para-hydroxylation sites is 2. The molecule has 0 fully saturated rings. The van der Waals surface area contributed by atoms with Crippen molar-refractivity contribution in [3.63, 3.8) is 0 Å². The summed E-state index contributed by atoms with van der Waals surface area (Å²) in [7, 11) is 0. The molecule has 3 aromatic rings. The first-order chi connectivity index (χ1) is 13.7. The minimum atomic E-state index is -4.63. The number of benzene rings is 2. The van der Waals surface area contributed by atoms with Crippen LogP contribution in [0.3, 0.4) is 0 Å². The number of rotatable bonds is 5. The van der Waals surface area contributed by atoms with E-state index in [-0.39, 0.29) is 16.3 Å². The van der Waals surface area contributed by atoms with E-state index in [4.69, 9.17) is 0 Å². The van der Waals surface area contributed by atoms with E-state index >= 15 is 0 Å². The number of nitrogens with one attached hydrogen (secondary N) is 1. The van der Waals surface area contributed by atoms with Gasteiger partial charge < -0.3 is 15.2 Å². The maximum atomic E-state index is 13.2. The number of aromatic nitrogens is 1. The monoisotopic (exact) mass is 419 g/mol. The molecule has 3 rings (SSSR count). The Balaban J connectivity index is 2.03. The molecular formula is C20H14F3N2O3S-. The maximum Gasteiger partial charge on any atom is 0.418 e. The molecule has 5 nitrogen and oxygen atoms in total. The van der Waals surface area contributed by atoms with Gasteiger partial charge in [0.2, 0.25) is 0 Å². The lowest BCUT2D eigenvalue weighted by molar-refractivity contribution is -0.304. The van der Waals surface area contributed by atoms with Crippen molar-refractivity contribution in [2.45, 2.75) is 23.4 Å². The molecule has 150 valence electrons. The Morgan fingerprint density at radius 1 is 1.10 bits per heavy atom. The topological polar surface area (TPSA) is 82.1 Å². The van der Waals surface area contributed by atoms with Crippen LogP contribution in [-0.2, 0) is 11.0 Å². The van der Waals surface area contributed by atoms with E-state index in [1.807, 2.05) is 0 Å². The molecule has 1 N–H and O–H groups in total. The number of amides is 1. The highest BCUT2D eigenvalue weighted by atomic mass is 32.2. The van der Waals surface area contributed by atoms with Crippen LogP contribution >= 0.6 is 11.8 Å². The highest BCUT2D eigenvalue weighted by Crippen LogP contribution is 2.35. The van der Waals surface area contributed by atoms with Crippen molar-refractivity contribution in [1.29, 1.82) is 0 Å². The largest absolute Gasteiger partial charge is 0.549 e. The number of carboxylic acid groups (broad SMARTS) is 1. The molecule has 0 unspecified atom stereocenters. The molecule has 1 amide bonds. The van der Waals surface area contributed by atoms with Gasteiger partial charge in [0, 0.05) is 10.6 Å². The number of carboxylic acids is 1. The lowest BCUT2D eigenvalue weighted by atomic mass is 10.1. The number of pyridine rings is 1. The Morgan fingerprint density at radius 3 is 2.45 bits per heavy atom. The van der Waals surface area contributed by atoms with Crippen molar-refractivity contribution in [2.24, 2.45) is 0 Å². The van der Waals surface area contributed by atoms with E-state index in [0.717, 1.165) is 23.9 Å². The molecule has 1 heterocycles. The molecular weight excluding hydrogens is 405 g/mol. The third kappa shape index (κ3) is 4.68. The number of aliphatic carboxylic acids is 1. The van der Waals surface area contributed by atoms with E-state index in [2.05, 4.69) is 10.3 Å². The highest BCUT2D eigenvalue weighted by Gasteiger charge is 2.33. The Morgan fingerprint density at radius 2 is 1.76 bits per heavy atom. The Bertz CT molecular complexity index is 1090. The van der Waals surface area contributed by atoms with Gasteiger partial charge in [-0.05, 0) is 31.2 Å². The number of halogens is 3. The fraction of sp³-hybridized carbons (Fsp3) is 0.150. The summed E-state index contributed by atoms with van der Waals surface area (Å²) >= 11 is 0.879. The molecule has 0 aliphatic rings. The third-order valence-corrected chi connectivity index (χ3v) is 5.04. The fourth-order valence-electron chi connectivity index (χ4n) is 2.66. The summed E-state index contributed by atoms with van der Waals surface area (Å²) in [5, 5.41) is 13.1. The summed E-state index contributed by atoms with van der Waals surface area (Å²) < 4.78 is 39.6. The van der Waals surface area contributed by atoms with Gasteiger partial charge in [0.25, 0.3) is 5.91 Å². The van der Waals surface area contributed by atoms with Crippen molar-refractivity contribution in [2.75, 3.05) is 5.32 Å². The summed E-state index contributed by atoms with van der Waals surface area (Å²) in [5.74, 6) is -2.06. The molecule has 0 aliphatic heterocycles. The fourth-order valence-corrected chi connectivity index (χ4v) is 3.45. The molecule has 2 aromatic carbocycles. The quantitative estimate of drug-likeness (QED) is 0.637.